The average molecular weight is 371 g/mol. The Morgan fingerprint density at radius 2 is 2.00 bits per heavy atom. The third kappa shape index (κ3) is 4.31. The number of rotatable bonds is 7. The highest BCUT2D eigenvalue weighted by molar-refractivity contribution is 9.10. The van der Waals surface area contributed by atoms with Gasteiger partial charge in [-0.1, -0.05) is 30.7 Å². The first kappa shape index (κ1) is 16.5. The molecule has 0 aliphatic rings. The Morgan fingerprint density at radius 3 is 2.62 bits per heavy atom. The molecule has 0 saturated carbocycles. The molecule has 0 amide bonds. The highest BCUT2D eigenvalue weighted by Gasteiger charge is 2.19. The molecule has 21 heavy (non-hydrogen) atoms. The predicted molar refractivity (Wildman–Crippen MR) is 91.8 cm³/mol. The zero-order chi connectivity index (χ0) is 15.2. The Bertz CT molecular complexity index is 565. The van der Waals surface area contributed by atoms with E-state index in [0.717, 1.165) is 35.4 Å². The largest absolute Gasteiger partial charge is 0.308 e. The molecule has 2 aromatic rings. The van der Waals surface area contributed by atoms with E-state index in [1.807, 2.05) is 23.0 Å². The van der Waals surface area contributed by atoms with Crippen LogP contribution in [-0.4, -0.2) is 16.3 Å². The molecule has 1 unspecified atom stereocenters. The summed E-state index contributed by atoms with van der Waals surface area (Å²) in [5.41, 5.74) is 2.48. The molecule has 1 aromatic carbocycles. The summed E-state index contributed by atoms with van der Waals surface area (Å²) in [5.74, 6) is 0. The van der Waals surface area contributed by atoms with Crippen LogP contribution >= 0.6 is 27.5 Å². The van der Waals surface area contributed by atoms with Crippen molar-refractivity contribution in [2.45, 2.75) is 39.3 Å². The van der Waals surface area contributed by atoms with Gasteiger partial charge in [0.15, 0.2) is 0 Å². The number of hydrogen-bond acceptors (Lipinski definition) is 2. The summed E-state index contributed by atoms with van der Waals surface area (Å²) in [4.78, 5) is 0. The number of aromatic nitrogens is 2. The molecule has 0 radical (unpaired) electrons. The van der Waals surface area contributed by atoms with Crippen molar-refractivity contribution in [3.8, 4) is 0 Å². The number of nitrogens with one attached hydrogen (secondary N) is 1. The van der Waals surface area contributed by atoms with Gasteiger partial charge in [-0.25, -0.2) is 0 Å². The van der Waals surface area contributed by atoms with Gasteiger partial charge >= 0.3 is 0 Å². The monoisotopic (exact) mass is 369 g/mol. The molecule has 1 atom stereocenters. The highest BCUT2D eigenvalue weighted by atomic mass is 79.9. The number of nitrogens with zero attached hydrogens (tertiary/aromatic N) is 2. The SMILES string of the molecule is CCCNC(Cc1ccc(Cl)cc1)c1c(Br)cnn1CC. The number of halogens is 2. The van der Waals surface area contributed by atoms with Gasteiger partial charge in [-0.2, -0.15) is 5.10 Å². The maximum Gasteiger partial charge on any atom is 0.0698 e. The fraction of sp³-hybridized carbons (Fsp3) is 0.438. The van der Waals surface area contributed by atoms with Crippen molar-refractivity contribution in [1.29, 1.82) is 0 Å². The van der Waals surface area contributed by atoms with Gasteiger partial charge in [-0.15, -0.1) is 0 Å². The molecule has 0 aliphatic heterocycles. The lowest BCUT2D eigenvalue weighted by atomic mass is 10.0. The predicted octanol–water partition coefficient (Wildman–Crippen LogP) is 4.60. The van der Waals surface area contributed by atoms with Gasteiger partial charge in [0.25, 0.3) is 0 Å². The minimum atomic E-state index is 0.239. The van der Waals surface area contributed by atoms with E-state index in [9.17, 15) is 0 Å². The third-order valence-corrected chi connectivity index (χ3v) is 4.32. The van der Waals surface area contributed by atoms with Gasteiger partial charge < -0.3 is 5.32 Å². The molecule has 0 saturated heterocycles. The molecule has 0 aliphatic carbocycles. The van der Waals surface area contributed by atoms with E-state index >= 15 is 0 Å². The second kappa shape index (κ2) is 7.97. The minimum Gasteiger partial charge on any atom is -0.308 e. The molecule has 2 rings (SSSR count). The quantitative estimate of drug-likeness (QED) is 0.772. The van der Waals surface area contributed by atoms with Gasteiger partial charge in [0.2, 0.25) is 0 Å². The van der Waals surface area contributed by atoms with E-state index in [1.165, 1.54) is 11.3 Å². The second-order valence-corrected chi connectivity index (χ2v) is 6.32. The Hall–Kier alpha value is -0.840. The topological polar surface area (TPSA) is 29.9 Å². The van der Waals surface area contributed by atoms with Crippen molar-refractivity contribution in [1.82, 2.24) is 15.1 Å². The molecule has 0 fully saturated rings. The molecule has 3 nitrogen and oxygen atoms in total. The van der Waals surface area contributed by atoms with Crippen molar-refractivity contribution in [3.05, 3.63) is 51.2 Å². The van der Waals surface area contributed by atoms with Gasteiger partial charge in [0, 0.05) is 11.6 Å². The number of hydrogen-bond donors (Lipinski definition) is 1. The van der Waals surface area contributed by atoms with Gasteiger partial charge in [-0.3, -0.25) is 4.68 Å². The van der Waals surface area contributed by atoms with E-state index in [0.29, 0.717) is 0 Å². The molecule has 114 valence electrons. The van der Waals surface area contributed by atoms with Crippen molar-refractivity contribution in [3.63, 3.8) is 0 Å². The summed E-state index contributed by atoms with van der Waals surface area (Å²) in [6.45, 7) is 6.14. The summed E-state index contributed by atoms with van der Waals surface area (Å²) in [5, 5.41) is 8.83. The highest BCUT2D eigenvalue weighted by Crippen LogP contribution is 2.26. The lowest BCUT2D eigenvalue weighted by molar-refractivity contribution is 0.477. The Morgan fingerprint density at radius 1 is 1.29 bits per heavy atom. The van der Waals surface area contributed by atoms with E-state index in [4.69, 9.17) is 11.6 Å². The number of aryl methyl sites for hydroxylation is 1. The first-order valence-corrected chi connectivity index (χ1v) is 8.51. The van der Waals surface area contributed by atoms with Crippen LogP contribution in [0.25, 0.3) is 0 Å². The van der Waals surface area contributed by atoms with Crippen LogP contribution < -0.4 is 5.32 Å². The maximum atomic E-state index is 5.97. The van der Waals surface area contributed by atoms with Crippen LogP contribution in [0.3, 0.4) is 0 Å². The smallest absolute Gasteiger partial charge is 0.0698 e. The second-order valence-electron chi connectivity index (χ2n) is 5.03. The standard InChI is InChI=1S/C16H21BrClN3/c1-3-9-19-15(10-12-5-7-13(18)8-6-12)16-14(17)11-20-21(16)4-2/h5-8,11,15,19H,3-4,9-10H2,1-2H3. The zero-order valence-corrected chi connectivity index (χ0v) is 14.8. The molecule has 1 N–H and O–H groups in total. The van der Waals surface area contributed by atoms with Crippen LogP contribution in [0.2, 0.25) is 5.02 Å². The average Bonchev–Trinajstić information content (AvgIpc) is 2.86. The summed E-state index contributed by atoms with van der Waals surface area (Å²) in [6.07, 6.45) is 3.90. The lowest BCUT2D eigenvalue weighted by Crippen LogP contribution is -2.27. The summed E-state index contributed by atoms with van der Waals surface area (Å²) in [6, 6.07) is 8.30. The van der Waals surface area contributed by atoms with Crippen molar-refractivity contribution < 1.29 is 0 Å². The fourth-order valence-electron chi connectivity index (χ4n) is 2.41. The first-order valence-electron chi connectivity index (χ1n) is 7.34. The third-order valence-electron chi connectivity index (χ3n) is 3.46. The maximum absolute atomic E-state index is 5.97. The molecule has 0 bridgehead atoms. The molecular weight excluding hydrogens is 350 g/mol. The zero-order valence-electron chi connectivity index (χ0n) is 12.4. The van der Waals surface area contributed by atoms with Crippen LogP contribution in [0.5, 0.6) is 0 Å². The van der Waals surface area contributed by atoms with E-state index < -0.39 is 0 Å². The van der Waals surface area contributed by atoms with Crippen LogP contribution in [0.4, 0.5) is 0 Å². The summed E-state index contributed by atoms with van der Waals surface area (Å²) >= 11 is 9.60. The van der Waals surface area contributed by atoms with Crippen molar-refractivity contribution >= 4 is 27.5 Å². The summed E-state index contributed by atoms with van der Waals surface area (Å²) < 4.78 is 3.11. The van der Waals surface area contributed by atoms with Crippen LogP contribution in [-0.2, 0) is 13.0 Å². The van der Waals surface area contributed by atoms with E-state index in [1.54, 1.807) is 0 Å². The normalized spacial score (nSPS) is 12.6. The minimum absolute atomic E-state index is 0.239. The Labute approximate surface area is 139 Å². The molecule has 5 heteroatoms. The van der Waals surface area contributed by atoms with Crippen LogP contribution in [0, 0.1) is 0 Å². The molecule has 1 aromatic heterocycles. The van der Waals surface area contributed by atoms with Crippen LogP contribution in [0.1, 0.15) is 37.6 Å². The number of benzene rings is 1. The molecular formula is C16H21BrClN3. The lowest BCUT2D eigenvalue weighted by Gasteiger charge is -2.20. The summed E-state index contributed by atoms with van der Waals surface area (Å²) in [7, 11) is 0. The fourth-order valence-corrected chi connectivity index (χ4v) is 3.11. The first-order chi connectivity index (χ1) is 10.2. The Kier molecular flexibility index (Phi) is 6.27. The van der Waals surface area contributed by atoms with E-state index in [-0.39, 0.29) is 6.04 Å². The van der Waals surface area contributed by atoms with E-state index in [2.05, 4.69) is 52.3 Å². The molecule has 1 heterocycles. The van der Waals surface area contributed by atoms with Crippen molar-refractivity contribution in [2.24, 2.45) is 0 Å². The molecule has 0 spiro atoms. The van der Waals surface area contributed by atoms with Crippen molar-refractivity contribution in [2.75, 3.05) is 6.54 Å². The van der Waals surface area contributed by atoms with Gasteiger partial charge in [0.05, 0.1) is 22.4 Å². The van der Waals surface area contributed by atoms with Crippen LogP contribution in [0.15, 0.2) is 34.9 Å². The Balaban J connectivity index is 2.25. The van der Waals surface area contributed by atoms with Gasteiger partial charge in [0.1, 0.15) is 0 Å². The van der Waals surface area contributed by atoms with Gasteiger partial charge in [-0.05, 0) is 59.9 Å².